The van der Waals surface area contributed by atoms with Gasteiger partial charge in [-0.3, -0.25) is 4.79 Å². The molecule has 0 radical (unpaired) electrons. The lowest BCUT2D eigenvalue weighted by atomic mass is 10.1. The zero-order valence-electron chi connectivity index (χ0n) is 17.4. The van der Waals surface area contributed by atoms with Crippen molar-refractivity contribution >= 4 is 12.0 Å². The van der Waals surface area contributed by atoms with Crippen molar-refractivity contribution in [3.05, 3.63) is 83.2 Å². The van der Waals surface area contributed by atoms with Crippen molar-refractivity contribution in [2.45, 2.75) is 27.3 Å². The van der Waals surface area contributed by atoms with E-state index in [4.69, 9.17) is 4.74 Å². The van der Waals surface area contributed by atoms with Gasteiger partial charge in [-0.05, 0) is 56.7 Å². The van der Waals surface area contributed by atoms with E-state index >= 15 is 0 Å². The van der Waals surface area contributed by atoms with E-state index in [9.17, 15) is 4.79 Å². The third kappa shape index (κ3) is 4.93. The van der Waals surface area contributed by atoms with Crippen molar-refractivity contribution < 1.29 is 9.53 Å². The number of para-hydroxylation sites is 1. The van der Waals surface area contributed by atoms with Gasteiger partial charge in [-0.15, -0.1) is 0 Å². The highest BCUT2D eigenvalue weighted by molar-refractivity contribution is 5.91. The SMILES string of the molecule is CCOc1ccc(/C=C/C(=O)N(C)Cc2c(C)nn(-c3ccccc3)c2C)cc1. The number of aryl methyl sites for hydroxylation is 1. The van der Waals surface area contributed by atoms with Gasteiger partial charge in [0.25, 0.3) is 0 Å². The molecule has 29 heavy (non-hydrogen) atoms. The fourth-order valence-electron chi connectivity index (χ4n) is 3.18. The lowest BCUT2D eigenvalue weighted by Crippen LogP contribution is -2.24. The largest absolute Gasteiger partial charge is 0.494 e. The van der Waals surface area contributed by atoms with Crippen LogP contribution in [0, 0.1) is 13.8 Å². The van der Waals surface area contributed by atoms with E-state index in [0.29, 0.717) is 13.2 Å². The highest BCUT2D eigenvalue weighted by Gasteiger charge is 2.16. The normalized spacial score (nSPS) is 11.0. The van der Waals surface area contributed by atoms with Crippen LogP contribution >= 0.6 is 0 Å². The van der Waals surface area contributed by atoms with Gasteiger partial charge in [-0.2, -0.15) is 5.10 Å². The minimum atomic E-state index is -0.0508. The van der Waals surface area contributed by atoms with Crippen LogP contribution in [0.4, 0.5) is 0 Å². The van der Waals surface area contributed by atoms with E-state index in [2.05, 4.69) is 5.10 Å². The maximum absolute atomic E-state index is 12.6. The monoisotopic (exact) mass is 389 g/mol. The molecule has 2 aromatic carbocycles. The van der Waals surface area contributed by atoms with Crippen molar-refractivity contribution in [1.82, 2.24) is 14.7 Å². The van der Waals surface area contributed by atoms with Crippen LogP contribution in [0.3, 0.4) is 0 Å². The van der Waals surface area contributed by atoms with Gasteiger partial charge in [0.1, 0.15) is 5.75 Å². The fourth-order valence-corrected chi connectivity index (χ4v) is 3.18. The molecule has 0 aliphatic heterocycles. The van der Waals surface area contributed by atoms with Gasteiger partial charge in [0.15, 0.2) is 0 Å². The van der Waals surface area contributed by atoms with Crippen LogP contribution in [0.5, 0.6) is 5.75 Å². The average molecular weight is 389 g/mol. The van der Waals surface area contributed by atoms with E-state index in [1.807, 2.05) is 93.2 Å². The fraction of sp³-hybridized carbons (Fsp3) is 0.250. The highest BCUT2D eigenvalue weighted by Crippen LogP contribution is 2.19. The van der Waals surface area contributed by atoms with Gasteiger partial charge in [0, 0.05) is 30.9 Å². The van der Waals surface area contributed by atoms with Crippen molar-refractivity contribution in [1.29, 1.82) is 0 Å². The number of benzene rings is 2. The molecule has 3 aromatic rings. The quantitative estimate of drug-likeness (QED) is 0.557. The molecule has 0 atom stereocenters. The second-order valence-corrected chi connectivity index (χ2v) is 6.93. The summed E-state index contributed by atoms with van der Waals surface area (Å²) < 4.78 is 7.37. The van der Waals surface area contributed by atoms with E-state index in [1.165, 1.54) is 0 Å². The molecule has 0 unspecified atom stereocenters. The highest BCUT2D eigenvalue weighted by atomic mass is 16.5. The number of aromatic nitrogens is 2. The standard InChI is InChI=1S/C24H27N3O2/c1-5-29-22-14-11-20(12-15-22)13-16-24(28)26(4)17-23-18(2)25-27(19(23)3)21-9-7-6-8-10-21/h6-16H,5,17H2,1-4H3/b16-13+. The molecule has 0 aliphatic rings. The molecule has 3 rings (SSSR count). The first kappa shape index (κ1) is 20.4. The van der Waals surface area contributed by atoms with Crippen LogP contribution in [0.2, 0.25) is 0 Å². The molecule has 0 fully saturated rings. The Morgan fingerprint density at radius 3 is 2.45 bits per heavy atom. The lowest BCUT2D eigenvalue weighted by Gasteiger charge is -2.15. The van der Waals surface area contributed by atoms with Gasteiger partial charge in [0.2, 0.25) is 5.91 Å². The predicted octanol–water partition coefficient (Wildman–Crippen LogP) is 4.56. The number of hydrogen-bond donors (Lipinski definition) is 0. The maximum atomic E-state index is 12.6. The summed E-state index contributed by atoms with van der Waals surface area (Å²) in [6.45, 7) is 7.12. The summed E-state index contributed by atoms with van der Waals surface area (Å²) in [7, 11) is 1.81. The molecule has 0 saturated heterocycles. The second-order valence-electron chi connectivity index (χ2n) is 6.93. The third-order valence-electron chi connectivity index (χ3n) is 4.82. The van der Waals surface area contributed by atoms with Gasteiger partial charge < -0.3 is 9.64 Å². The summed E-state index contributed by atoms with van der Waals surface area (Å²) in [6.07, 6.45) is 3.42. The number of likely N-dealkylation sites (N-methyl/N-ethyl adjacent to an activating group) is 1. The predicted molar refractivity (Wildman–Crippen MR) is 116 cm³/mol. The summed E-state index contributed by atoms with van der Waals surface area (Å²) in [4.78, 5) is 14.3. The smallest absolute Gasteiger partial charge is 0.246 e. The van der Waals surface area contributed by atoms with E-state index < -0.39 is 0 Å². The Labute approximate surface area is 172 Å². The van der Waals surface area contributed by atoms with E-state index in [-0.39, 0.29) is 5.91 Å². The molecule has 5 heteroatoms. The van der Waals surface area contributed by atoms with Gasteiger partial charge in [0.05, 0.1) is 18.0 Å². The zero-order chi connectivity index (χ0) is 20.8. The number of nitrogens with zero attached hydrogens (tertiary/aromatic N) is 3. The number of amides is 1. The number of rotatable bonds is 7. The molecule has 1 aromatic heterocycles. The Bertz CT molecular complexity index is 989. The Morgan fingerprint density at radius 2 is 1.79 bits per heavy atom. The molecule has 5 nitrogen and oxygen atoms in total. The summed E-state index contributed by atoms with van der Waals surface area (Å²) in [6, 6.07) is 17.7. The molecule has 0 saturated carbocycles. The van der Waals surface area contributed by atoms with Crippen LogP contribution in [-0.4, -0.2) is 34.2 Å². The topological polar surface area (TPSA) is 47.4 Å². The minimum Gasteiger partial charge on any atom is -0.494 e. The van der Waals surface area contributed by atoms with E-state index in [1.54, 1.807) is 11.0 Å². The summed E-state index contributed by atoms with van der Waals surface area (Å²) >= 11 is 0. The molecule has 0 aliphatic carbocycles. The van der Waals surface area contributed by atoms with Crippen molar-refractivity contribution in [3.8, 4) is 11.4 Å². The first-order valence-electron chi connectivity index (χ1n) is 9.76. The molecule has 0 N–H and O–H groups in total. The Morgan fingerprint density at radius 1 is 1.10 bits per heavy atom. The molecule has 1 amide bonds. The zero-order valence-corrected chi connectivity index (χ0v) is 17.4. The van der Waals surface area contributed by atoms with Crippen molar-refractivity contribution in [2.75, 3.05) is 13.7 Å². The maximum Gasteiger partial charge on any atom is 0.246 e. The molecule has 150 valence electrons. The van der Waals surface area contributed by atoms with Crippen LogP contribution < -0.4 is 4.74 Å². The number of hydrogen-bond acceptors (Lipinski definition) is 3. The Kier molecular flexibility index (Phi) is 6.50. The van der Waals surface area contributed by atoms with Crippen LogP contribution in [-0.2, 0) is 11.3 Å². The average Bonchev–Trinajstić information content (AvgIpc) is 3.02. The molecule has 1 heterocycles. The Hall–Kier alpha value is -3.34. The van der Waals surface area contributed by atoms with Gasteiger partial charge in [-0.25, -0.2) is 4.68 Å². The summed E-state index contributed by atoms with van der Waals surface area (Å²) in [5.74, 6) is 0.777. The molecular weight excluding hydrogens is 362 g/mol. The van der Waals surface area contributed by atoms with Crippen LogP contribution in [0.1, 0.15) is 29.4 Å². The summed E-state index contributed by atoms with van der Waals surface area (Å²) in [5.41, 5.74) is 5.02. The molecule has 0 bridgehead atoms. The summed E-state index contributed by atoms with van der Waals surface area (Å²) in [5, 5.41) is 4.66. The second kappa shape index (κ2) is 9.24. The van der Waals surface area contributed by atoms with Gasteiger partial charge in [-0.1, -0.05) is 30.3 Å². The first-order valence-corrected chi connectivity index (χ1v) is 9.76. The minimum absolute atomic E-state index is 0.0508. The number of ether oxygens (including phenoxy) is 1. The number of carbonyl (C=O) groups is 1. The van der Waals surface area contributed by atoms with Crippen molar-refractivity contribution in [3.63, 3.8) is 0 Å². The van der Waals surface area contributed by atoms with E-state index in [0.717, 1.165) is 34.0 Å². The third-order valence-corrected chi connectivity index (χ3v) is 4.82. The molecule has 0 spiro atoms. The van der Waals surface area contributed by atoms with Crippen molar-refractivity contribution in [2.24, 2.45) is 0 Å². The van der Waals surface area contributed by atoms with Gasteiger partial charge >= 0.3 is 0 Å². The van der Waals surface area contributed by atoms with Crippen LogP contribution in [0.15, 0.2) is 60.7 Å². The lowest BCUT2D eigenvalue weighted by molar-refractivity contribution is -0.125. The first-order chi connectivity index (χ1) is 14.0. The molecular formula is C24H27N3O2. The van der Waals surface area contributed by atoms with Crippen LogP contribution in [0.25, 0.3) is 11.8 Å². The Balaban J connectivity index is 1.69. The number of carbonyl (C=O) groups excluding carboxylic acids is 1.